The van der Waals surface area contributed by atoms with Crippen LogP contribution in [0.4, 0.5) is 5.69 Å². The van der Waals surface area contributed by atoms with Crippen molar-refractivity contribution >= 4 is 17.3 Å². The molecule has 1 aromatic carbocycles. The van der Waals surface area contributed by atoms with Gasteiger partial charge >= 0.3 is 0 Å². The number of nitro benzene ring substituents is 1. The van der Waals surface area contributed by atoms with Gasteiger partial charge in [0.1, 0.15) is 6.61 Å². The second-order valence-electron chi connectivity index (χ2n) is 4.33. The van der Waals surface area contributed by atoms with Crippen LogP contribution in [0.3, 0.4) is 0 Å². The highest BCUT2D eigenvalue weighted by Crippen LogP contribution is 2.35. The smallest absolute Gasteiger partial charge is 0.277 e. The monoisotopic (exact) mass is 311 g/mol. The molecule has 0 aliphatic rings. The summed E-state index contributed by atoms with van der Waals surface area (Å²) in [5.74, 6) is 0.720. The molecule has 0 unspecified atom stereocenters. The summed E-state index contributed by atoms with van der Waals surface area (Å²) in [7, 11) is 3.26. The van der Waals surface area contributed by atoms with Gasteiger partial charge in [-0.2, -0.15) is 5.10 Å². The highest BCUT2D eigenvalue weighted by Gasteiger charge is 2.19. The third-order valence-corrected chi connectivity index (χ3v) is 3.15. The number of alkyl halides is 1. The summed E-state index contributed by atoms with van der Waals surface area (Å²) in [5, 5.41) is 15.1. The molecule has 2 rings (SSSR count). The van der Waals surface area contributed by atoms with E-state index in [1.165, 1.54) is 19.2 Å². The molecule has 1 heterocycles. The van der Waals surface area contributed by atoms with Crippen molar-refractivity contribution in [2.75, 3.05) is 7.11 Å². The van der Waals surface area contributed by atoms with Crippen molar-refractivity contribution in [3.63, 3.8) is 0 Å². The Morgan fingerprint density at radius 1 is 1.43 bits per heavy atom. The fourth-order valence-corrected chi connectivity index (χ4v) is 2.06. The minimum Gasteiger partial charge on any atom is -0.493 e. The number of halogens is 1. The van der Waals surface area contributed by atoms with E-state index >= 15 is 0 Å². The Morgan fingerprint density at radius 3 is 2.71 bits per heavy atom. The third kappa shape index (κ3) is 3.43. The Balaban J connectivity index is 2.28. The van der Waals surface area contributed by atoms with Gasteiger partial charge in [-0.05, 0) is 6.07 Å². The largest absolute Gasteiger partial charge is 0.493 e. The maximum atomic E-state index is 11.0. The van der Waals surface area contributed by atoms with E-state index in [9.17, 15) is 10.1 Å². The molecule has 0 fully saturated rings. The first kappa shape index (κ1) is 15.1. The average Bonchev–Trinajstić information content (AvgIpc) is 2.89. The fourth-order valence-electron chi connectivity index (χ4n) is 1.85. The number of benzene rings is 1. The molecule has 2 aromatic rings. The van der Waals surface area contributed by atoms with Gasteiger partial charge in [0, 0.05) is 24.4 Å². The van der Waals surface area contributed by atoms with Gasteiger partial charge in [0.25, 0.3) is 5.69 Å². The highest BCUT2D eigenvalue weighted by atomic mass is 35.5. The first-order valence-corrected chi connectivity index (χ1v) is 6.60. The van der Waals surface area contributed by atoms with Crippen LogP contribution in [-0.2, 0) is 19.5 Å². The van der Waals surface area contributed by atoms with E-state index in [0.29, 0.717) is 17.1 Å². The fraction of sp³-hybridized carbons (Fsp3) is 0.308. The second kappa shape index (κ2) is 6.45. The van der Waals surface area contributed by atoms with Crippen molar-refractivity contribution in [2.45, 2.75) is 12.5 Å². The van der Waals surface area contributed by atoms with Crippen molar-refractivity contribution in [3.8, 4) is 11.5 Å². The summed E-state index contributed by atoms with van der Waals surface area (Å²) in [6, 6.07) is 2.84. The molecule has 21 heavy (non-hydrogen) atoms. The molecule has 0 aliphatic heterocycles. The van der Waals surface area contributed by atoms with Gasteiger partial charge in [0.05, 0.1) is 30.2 Å². The van der Waals surface area contributed by atoms with Crippen LogP contribution in [0, 0.1) is 10.1 Å². The first-order valence-electron chi connectivity index (χ1n) is 6.06. The van der Waals surface area contributed by atoms with Crippen molar-refractivity contribution in [3.05, 3.63) is 45.8 Å². The molecular weight excluding hydrogens is 298 g/mol. The van der Waals surface area contributed by atoms with Gasteiger partial charge < -0.3 is 9.47 Å². The number of hydrogen-bond acceptors (Lipinski definition) is 5. The summed E-state index contributed by atoms with van der Waals surface area (Å²) >= 11 is 5.72. The van der Waals surface area contributed by atoms with Crippen molar-refractivity contribution < 1.29 is 14.4 Å². The van der Waals surface area contributed by atoms with Crippen LogP contribution in [0.2, 0.25) is 0 Å². The molecule has 0 bridgehead atoms. The zero-order valence-electron chi connectivity index (χ0n) is 11.6. The van der Waals surface area contributed by atoms with E-state index in [2.05, 4.69) is 5.10 Å². The topological polar surface area (TPSA) is 79.4 Å². The summed E-state index contributed by atoms with van der Waals surface area (Å²) < 4.78 is 12.4. The van der Waals surface area contributed by atoms with Crippen LogP contribution in [0.25, 0.3) is 0 Å². The minimum atomic E-state index is -0.492. The van der Waals surface area contributed by atoms with Gasteiger partial charge in [-0.1, -0.05) is 0 Å². The van der Waals surface area contributed by atoms with E-state index in [1.54, 1.807) is 24.1 Å². The molecule has 0 aliphatic carbocycles. The van der Waals surface area contributed by atoms with Gasteiger partial charge in [-0.25, -0.2) is 0 Å². The predicted molar refractivity (Wildman–Crippen MR) is 76.7 cm³/mol. The zero-order valence-corrected chi connectivity index (χ0v) is 12.3. The SMILES string of the molecule is COc1cc(CCl)c([N+](=O)[O-])cc1OCc1cnn(C)c1. The first-order chi connectivity index (χ1) is 10.0. The quantitative estimate of drug-likeness (QED) is 0.465. The molecular formula is C13H14ClN3O4. The standard InChI is InChI=1S/C13H14ClN3O4/c1-16-7-9(6-15-16)8-21-13-4-11(17(18)19)10(5-14)3-12(13)20-2/h3-4,6-7H,5,8H2,1-2H3. The number of nitro groups is 1. The van der Waals surface area contributed by atoms with Crippen LogP contribution < -0.4 is 9.47 Å². The normalized spacial score (nSPS) is 10.4. The summed E-state index contributed by atoms with van der Waals surface area (Å²) in [5.41, 5.74) is 1.14. The number of aryl methyl sites for hydroxylation is 1. The Hall–Kier alpha value is -2.28. The lowest BCUT2D eigenvalue weighted by Gasteiger charge is -2.11. The Morgan fingerprint density at radius 2 is 2.19 bits per heavy atom. The summed E-state index contributed by atoms with van der Waals surface area (Å²) in [6.07, 6.45) is 3.46. The van der Waals surface area contributed by atoms with Crippen LogP contribution in [0.5, 0.6) is 11.5 Å². The molecule has 0 saturated heterocycles. The van der Waals surface area contributed by atoms with E-state index in [-0.39, 0.29) is 18.2 Å². The van der Waals surface area contributed by atoms with Crippen LogP contribution in [0.1, 0.15) is 11.1 Å². The molecule has 1 aromatic heterocycles. The Kier molecular flexibility index (Phi) is 4.64. The van der Waals surface area contributed by atoms with E-state index in [1.807, 2.05) is 0 Å². The lowest BCUT2D eigenvalue weighted by Crippen LogP contribution is -2.01. The molecule has 0 atom stereocenters. The number of ether oxygens (including phenoxy) is 2. The zero-order chi connectivity index (χ0) is 15.4. The van der Waals surface area contributed by atoms with Crippen LogP contribution >= 0.6 is 11.6 Å². The summed E-state index contributed by atoms with van der Waals surface area (Å²) in [4.78, 5) is 10.6. The van der Waals surface area contributed by atoms with Gasteiger partial charge in [-0.3, -0.25) is 14.8 Å². The lowest BCUT2D eigenvalue weighted by molar-refractivity contribution is -0.385. The Labute approximate surface area is 126 Å². The predicted octanol–water partition coefficient (Wildman–Crippen LogP) is 2.65. The second-order valence-corrected chi connectivity index (χ2v) is 4.60. The molecule has 0 radical (unpaired) electrons. The molecule has 8 heteroatoms. The van der Waals surface area contributed by atoms with E-state index in [0.717, 1.165) is 5.56 Å². The van der Waals surface area contributed by atoms with Gasteiger partial charge in [0.15, 0.2) is 11.5 Å². The number of methoxy groups -OCH3 is 1. The van der Waals surface area contributed by atoms with Gasteiger partial charge in [-0.15, -0.1) is 11.6 Å². The molecule has 0 spiro atoms. The molecule has 0 amide bonds. The van der Waals surface area contributed by atoms with Crippen LogP contribution in [0.15, 0.2) is 24.5 Å². The van der Waals surface area contributed by atoms with E-state index in [4.69, 9.17) is 21.1 Å². The van der Waals surface area contributed by atoms with Crippen LogP contribution in [-0.4, -0.2) is 21.8 Å². The number of rotatable bonds is 6. The highest BCUT2D eigenvalue weighted by molar-refractivity contribution is 6.17. The number of aromatic nitrogens is 2. The van der Waals surface area contributed by atoms with E-state index < -0.39 is 4.92 Å². The average molecular weight is 312 g/mol. The number of hydrogen-bond donors (Lipinski definition) is 0. The third-order valence-electron chi connectivity index (χ3n) is 2.86. The van der Waals surface area contributed by atoms with Crippen molar-refractivity contribution in [1.29, 1.82) is 0 Å². The maximum Gasteiger partial charge on any atom is 0.277 e. The van der Waals surface area contributed by atoms with Gasteiger partial charge in [0.2, 0.25) is 0 Å². The van der Waals surface area contributed by atoms with Crippen molar-refractivity contribution in [1.82, 2.24) is 9.78 Å². The lowest BCUT2D eigenvalue weighted by atomic mass is 10.2. The number of nitrogens with zero attached hydrogens (tertiary/aromatic N) is 3. The minimum absolute atomic E-state index is 0.0234. The van der Waals surface area contributed by atoms with Crippen molar-refractivity contribution in [2.24, 2.45) is 7.05 Å². The molecule has 0 saturated carbocycles. The molecule has 0 N–H and O–H groups in total. The maximum absolute atomic E-state index is 11.0. The molecule has 112 valence electrons. The Bertz CT molecular complexity index is 657. The molecule has 7 nitrogen and oxygen atoms in total. The summed E-state index contributed by atoms with van der Waals surface area (Å²) in [6.45, 7) is 0.238.